The highest BCUT2D eigenvalue weighted by Crippen LogP contribution is 2.22. The van der Waals surface area contributed by atoms with Crippen LogP contribution < -0.4 is 4.74 Å². The lowest BCUT2D eigenvalue weighted by Crippen LogP contribution is -2.34. The first-order valence-corrected chi connectivity index (χ1v) is 14.2. The average molecular weight is 481 g/mol. The Balaban J connectivity index is 1.65. The molecule has 7 nitrogen and oxygen atoms in total. The van der Waals surface area contributed by atoms with Crippen LogP contribution in [0.2, 0.25) is 0 Å². The Morgan fingerprint density at radius 1 is 1.00 bits per heavy atom. The number of sulfonamides is 2. The van der Waals surface area contributed by atoms with Crippen LogP contribution in [0.5, 0.6) is 5.75 Å². The van der Waals surface area contributed by atoms with Crippen LogP contribution in [0.25, 0.3) is 0 Å². The molecule has 176 valence electrons. The Morgan fingerprint density at radius 3 is 2.22 bits per heavy atom. The number of benzene rings is 2. The van der Waals surface area contributed by atoms with Gasteiger partial charge in [-0.2, -0.15) is 8.61 Å². The summed E-state index contributed by atoms with van der Waals surface area (Å²) in [5, 5.41) is 0. The molecule has 1 aliphatic heterocycles. The van der Waals surface area contributed by atoms with E-state index in [9.17, 15) is 16.8 Å². The monoisotopic (exact) mass is 480 g/mol. The normalized spacial score (nSPS) is 17.8. The molecule has 1 heterocycles. The molecule has 0 radical (unpaired) electrons. The molecule has 1 saturated heterocycles. The van der Waals surface area contributed by atoms with Gasteiger partial charge in [-0.15, -0.1) is 0 Å². The summed E-state index contributed by atoms with van der Waals surface area (Å²) in [5.74, 6) is 0.820. The molecule has 0 aliphatic carbocycles. The number of hydrogen-bond donors (Lipinski definition) is 0. The molecule has 1 atom stereocenters. The zero-order valence-corrected chi connectivity index (χ0v) is 20.5. The number of hydrogen-bond acceptors (Lipinski definition) is 5. The van der Waals surface area contributed by atoms with E-state index in [1.807, 2.05) is 68.4 Å². The summed E-state index contributed by atoms with van der Waals surface area (Å²) in [6, 6.07) is 16.6. The second kappa shape index (κ2) is 10.3. The predicted molar refractivity (Wildman–Crippen MR) is 126 cm³/mol. The molecule has 9 heteroatoms. The molecule has 1 fully saturated rings. The summed E-state index contributed by atoms with van der Waals surface area (Å²) in [6.45, 7) is 5.55. The fraction of sp³-hybridized carbons (Fsp3) is 0.478. The Kier molecular flexibility index (Phi) is 7.97. The van der Waals surface area contributed by atoms with Gasteiger partial charge in [-0.1, -0.05) is 56.3 Å². The molecule has 1 aliphatic rings. The van der Waals surface area contributed by atoms with E-state index in [4.69, 9.17) is 4.74 Å². The Bertz CT molecular complexity index is 1080. The fourth-order valence-electron chi connectivity index (χ4n) is 3.72. The summed E-state index contributed by atoms with van der Waals surface area (Å²) < 4.78 is 58.4. The lowest BCUT2D eigenvalue weighted by atomic mass is 10.2. The first-order chi connectivity index (χ1) is 15.0. The molecule has 0 amide bonds. The van der Waals surface area contributed by atoms with Crippen LogP contribution in [0.15, 0.2) is 54.6 Å². The summed E-state index contributed by atoms with van der Waals surface area (Å²) in [4.78, 5) is 0. The van der Waals surface area contributed by atoms with Gasteiger partial charge in [0, 0.05) is 19.6 Å². The van der Waals surface area contributed by atoms with Crippen LogP contribution in [0, 0.1) is 5.92 Å². The van der Waals surface area contributed by atoms with Crippen molar-refractivity contribution >= 4 is 20.0 Å². The highest BCUT2D eigenvalue weighted by molar-refractivity contribution is 7.88. The summed E-state index contributed by atoms with van der Waals surface area (Å²) in [6.07, 6.45) is 1.67. The van der Waals surface area contributed by atoms with E-state index in [2.05, 4.69) is 0 Å². The van der Waals surface area contributed by atoms with Crippen LogP contribution in [0.3, 0.4) is 0 Å². The lowest BCUT2D eigenvalue weighted by molar-refractivity contribution is 0.215. The number of nitrogens with zero attached hydrogens (tertiary/aromatic N) is 2. The van der Waals surface area contributed by atoms with Crippen molar-refractivity contribution in [1.29, 1.82) is 0 Å². The molecule has 0 aromatic heterocycles. The zero-order valence-electron chi connectivity index (χ0n) is 18.8. The van der Waals surface area contributed by atoms with Gasteiger partial charge in [-0.3, -0.25) is 0 Å². The molecule has 0 N–H and O–H groups in total. The maximum Gasteiger partial charge on any atom is 0.218 e. The average Bonchev–Trinajstić information content (AvgIpc) is 3.18. The predicted octanol–water partition coefficient (Wildman–Crippen LogP) is 3.09. The second-order valence-electron chi connectivity index (χ2n) is 8.72. The maximum atomic E-state index is 13.1. The fourth-order valence-corrected chi connectivity index (χ4v) is 6.27. The van der Waals surface area contributed by atoms with Crippen LogP contribution >= 0.6 is 0 Å². The highest BCUT2D eigenvalue weighted by Gasteiger charge is 2.30. The van der Waals surface area contributed by atoms with Crippen LogP contribution in [0.4, 0.5) is 0 Å². The van der Waals surface area contributed by atoms with Gasteiger partial charge in [0.25, 0.3) is 0 Å². The summed E-state index contributed by atoms with van der Waals surface area (Å²) in [5.41, 5.74) is 1.64. The third-order valence-corrected chi connectivity index (χ3v) is 8.35. The molecule has 0 bridgehead atoms. The van der Waals surface area contributed by atoms with Gasteiger partial charge in [0.15, 0.2) is 0 Å². The van der Waals surface area contributed by atoms with Gasteiger partial charge in [-0.05, 0) is 35.6 Å². The van der Waals surface area contributed by atoms with Crippen LogP contribution in [0.1, 0.15) is 31.4 Å². The molecule has 32 heavy (non-hydrogen) atoms. The smallest absolute Gasteiger partial charge is 0.218 e. The zero-order chi connectivity index (χ0) is 23.4. The number of ether oxygens (including phenoxy) is 1. The van der Waals surface area contributed by atoms with E-state index in [1.54, 1.807) is 4.31 Å². The van der Waals surface area contributed by atoms with Crippen molar-refractivity contribution in [2.24, 2.45) is 5.92 Å². The van der Waals surface area contributed by atoms with Crippen molar-refractivity contribution in [1.82, 2.24) is 8.61 Å². The first-order valence-electron chi connectivity index (χ1n) is 10.8. The molecule has 2 aromatic carbocycles. The van der Waals surface area contributed by atoms with E-state index < -0.39 is 20.0 Å². The molecule has 0 spiro atoms. The van der Waals surface area contributed by atoms with Crippen LogP contribution in [-0.2, 0) is 32.3 Å². The molecular weight excluding hydrogens is 448 g/mol. The van der Waals surface area contributed by atoms with Crippen molar-refractivity contribution in [2.75, 3.05) is 25.9 Å². The minimum atomic E-state index is -3.48. The van der Waals surface area contributed by atoms with Crippen molar-refractivity contribution < 1.29 is 21.6 Å². The van der Waals surface area contributed by atoms with Crippen molar-refractivity contribution in [3.05, 3.63) is 65.7 Å². The Morgan fingerprint density at radius 2 is 1.66 bits per heavy atom. The van der Waals surface area contributed by atoms with Gasteiger partial charge in [-0.25, -0.2) is 16.8 Å². The van der Waals surface area contributed by atoms with Crippen molar-refractivity contribution in [3.8, 4) is 5.75 Å². The third-order valence-electron chi connectivity index (χ3n) is 5.32. The quantitative estimate of drug-likeness (QED) is 0.522. The minimum Gasteiger partial charge on any atom is -0.489 e. The first kappa shape index (κ1) is 24.7. The van der Waals surface area contributed by atoms with E-state index in [1.165, 1.54) is 10.6 Å². The molecule has 0 saturated carbocycles. The lowest BCUT2D eigenvalue weighted by Gasteiger charge is -2.24. The Labute approximate surface area is 192 Å². The minimum absolute atomic E-state index is 0.0275. The topological polar surface area (TPSA) is 84.0 Å². The van der Waals surface area contributed by atoms with Gasteiger partial charge in [0.05, 0.1) is 18.6 Å². The second-order valence-corrected chi connectivity index (χ2v) is 12.7. The Hall–Kier alpha value is -1.94. The maximum absolute atomic E-state index is 13.1. The van der Waals surface area contributed by atoms with E-state index in [0.717, 1.165) is 11.1 Å². The number of rotatable bonds is 10. The summed E-state index contributed by atoms with van der Waals surface area (Å²) >= 11 is 0. The van der Waals surface area contributed by atoms with E-state index >= 15 is 0 Å². The van der Waals surface area contributed by atoms with Crippen molar-refractivity contribution in [3.63, 3.8) is 0 Å². The molecule has 2 aromatic rings. The van der Waals surface area contributed by atoms with Crippen LogP contribution in [-0.4, -0.2) is 57.4 Å². The highest BCUT2D eigenvalue weighted by atomic mass is 32.2. The largest absolute Gasteiger partial charge is 0.489 e. The standard InChI is InChI=1S/C23H32N2O5S2/c1-19(2)15-25(32(28,29)18-21-7-5-4-6-8-21)16-20-9-11-22(12-10-20)30-23-13-14-24(17-23)31(3,26)27/h4-12,19,23H,13-18H2,1-3H3. The van der Waals surface area contributed by atoms with Crippen molar-refractivity contribution in [2.45, 2.75) is 38.7 Å². The molecule has 3 rings (SSSR count). The van der Waals surface area contributed by atoms with Gasteiger partial charge in [0.1, 0.15) is 11.9 Å². The van der Waals surface area contributed by atoms with Gasteiger partial charge >= 0.3 is 0 Å². The van der Waals surface area contributed by atoms with E-state index in [-0.39, 0.29) is 17.8 Å². The van der Waals surface area contributed by atoms with Gasteiger partial charge < -0.3 is 4.74 Å². The molecular formula is C23H32N2O5S2. The molecule has 1 unspecified atom stereocenters. The summed E-state index contributed by atoms with van der Waals surface area (Å²) in [7, 11) is -6.68. The SMILES string of the molecule is CC(C)CN(Cc1ccc(OC2CCN(S(C)(=O)=O)C2)cc1)S(=O)(=O)Cc1ccccc1. The third kappa shape index (κ3) is 7.03. The van der Waals surface area contributed by atoms with E-state index in [0.29, 0.717) is 38.3 Å². The van der Waals surface area contributed by atoms with Gasteiger partial charge in [0.2, 0.25) is 20.0 Å².